The molecule has 1 heterocycles. The van der Waals surface area contributed by atoms with Gasteiger partial charge in [-0.05, 0) is 69.9 Å². The Morgan fingerprint density at radius 1 is 1.37 bits per heavy atom. The molecular formula is C15H15BrO2S. The van der Waals surface area contributed by atoms with E-state index in [0.29, 0.717) is 6.61 Å². The van der Waals surface area contributed by atoms with E-state index in [9.17, 15) is 5.11 Å². The predicted octanol–water partition coefficient (Wildman–Crippen LogP) is 4.46. The SMILES string of the molecule is O[C@H]1CCCc2ccc(OCc3sccc3Br)cc21. The molecule has 0 unspecified atom stereocenters. The minimum Gasteiger partial charge on any atom is -0.488 e. The number of aliphatic hydroxyl groups is 1. The summed E-state index contributed by atoms with van der Waals surface area (Å²) >= 11 is 5.18. The summed E-state index contributed by atoms with van der Waals surface area (Å²) in [5, 5.41) is 12.1. The molecule has 0 spiro atoms. The Hall–Kier alpha value is -0.840. The second-order valence-corrected chi connectivity index (χ2v) is 6.60. The number of thiophene rings is 1. The fraction of sp³-hybridized carbons (Fsp3) is 0.333. The van der Waals surface area contributed by atoms with Crippen molar-refractivity contribution in [2.75, 3.05) is 0 Å². The third kappa shape index (κ3) is 2.86. The van der Waals surface area contributed by atoms with Crippen LogP contribution in [0, 0.1) is 0 Å². The topological polar surface area (TPSA) is 29.5 Å². The lowest BCUT2D eigenvalue weighted by molar-refractivity contribution is 0.156. The summed E-state index contributed by atoms with van der Waals surface area (Å²) < 4.78 is 6.91. The second-order valence-electron chi connectivity index (χ2n) is 4.75. The van der Waals surface area contributed by atoms with Crippen LogP contribution in [0.25, 0.3) is 0 Å². The van der Waals surface area contributed by atoms with Gasteiger partial charge in [0.2, 0.25) is 0 Å². The van der Waals surface area contributed by atoms with Crippen molar-refractivity contribution in [1.29, 1.82) is 0 Å². The molecule has 2 aromatic rings. The summed E-state index contributed by atoms with van der Waals surface area (Å²) in [7, 11) is 0. The van der Waals surface area contributed by atoms with Crippen LogP contribution in [0.15, 0.2) is 34.1 Å². The van der Waals surface area contributed by atoms with Gasteiger partial charge >= 0.3 is 0 Å². The summed E-state index contributed by atoms with van der Waals surface area (Å²) in [6, 6.07) is 8.09. The van der Waals surface area contributed by atoms with Gasteiger partial charge in [0.1, 0.15) is 12.4 Å². The molecule has 3 rings (SSSR count). The number of hydrogen-bond acceptors (Lipinski definition) is 3. The van der Waals surface area contributed by atoms with Crippen LogP contribution in [0.2, 0.25) is 0 Å². The van der Waals surface area contributed by atoms with Gasteiger partial charge in [0.15, 0.2) is 0 Å². The zero-order chi connectivity index (χ0) is 13.2. The summed E-state index contributed by atoms with van der Waals surface area (Å²) in [5.41, 5.74) is 2.29. The lowest BCUT2D eigenvalue weighted by Gasteiger charge is -2.21. The van der Waals surface area contributed by atoms with Crippen LogP contribution >= 0.6 is 27.3 Å². The first-order valence-corrected chi connectivity index (χ1v) is 8.07. The molecule has 4 heteroatoms. The summed E-state index contributed by atoms with van der Waals surface area (Å²) in [6.07, 6.45) is 2.65. The monoisotopic (exact) mass is 338 g/mol. The van der Waals surface area contributed by atoms with E-state index < -0.39 is 0 Å². The lowest BCUT2D eigenvalue weighted by Crippen LogP contribution is -2.09. The zero-order valence-corrected chi connectivity index (χ0v) is 12.8. The highest BCUT2D eigenvalue weighted by Gasteiger charge is 2.18. The number of benzene rings is 1. The van der Waals surface area contributed by atoms with Gasteiger partial charge in [-0.15, -0.1) is 11.3 Å². The first kappa shape index (κ1) is 13.2. The number of aryl methyl sites for hydroxylation is 1. The Morgan fingerprint density at radius 2 is 2.26 bits per heavy atom. The quantitative estimate of drug-likeness (QED) is 0.895. The van der Waals surface area contributed by atoms with E-state index in [2.05, 4.69) is 22.0 Å². The maximum Gasteiger partial charge on any atom is 0.124 e. The Balaban J connectivity index is 1.75. The molecule has 0 fully saturated rings. The highest BCUT2D eigenvalue weighted by Crippen LogP contribution is 2.33. The summed E-state index contributed by atoms with van der Waals surface area (Å²) in [6.45, 7) is 0.563. The van der Waals surface area contributed by atoms with Crippen molar-refractivity contribution < 1.29 is 9.84 Å². The van der Waals surface area contributed by atoms with E-state index in [-0.39, 0.29) is 6.10 Å². The number of rotatable bonds is 3. The second kappa shape index (κ2) is 5.65. The molecule has 0 saturated carbocycles. The minimum atomic E-state index is -0.333. The number of halogens is 1. The zero-order valence-electron chi connectivity index (χ0n) is 10.4. The Bertz CT molecular complexity index is 579. The van der Waals surface area contributed by atoms with Crippen LogP contribution in [-0.4, -0.2) is 5.11 Å². The van der Waals surface area contributed by atoms with Crippen LogP contribution < -0.4 is 4.74 Å². The number of ether oxygens (including phenoxy) is 1. The van der Waals surface area contributed by atoms with Crippen molar-refractivity contribution >= 4 is 27.3 Å². The predicted molar refractivity (Wildman–Crippen MR) is 80.7 cm³/mol. The standard InChI is InChI=1S/C15H15BrO2S/c16-13-6-7-19-15(13)9-18-11-5-4-10-2-1-3-14(17)12(10)8-11/h4-8,14,17H,1-3,9H2/t14-/m0/s1. The van der Waals surface area contributed by atoms with Crippen LogP contribution in [-0.2, 0) is 13.0 Å². The van der Waals surface area contributed by atoms with E-state index in [4.69, 9.17) is 4.74 Å². The van der Waals surface area contributed by atoms with Gasteiger partial charge in [0.25, 0.3) is 0 Å². The molecular weight excluding hydrogens is 324 g/mol. The van der Waals surface area contributed by atoms with Crippen molar-refractivity contribution in [1.82, 2.24) is 0 Å². The number of hydrogen-bond donors (Lipinski definition) is 1. The Labute approximate surface area is 125 Å². The van der Waals surface area contributed by atoms with Crippen LogP contribution in [0.4, 0.5) is 0 Å². The highest BCUT2D eigenvalue weighted by atomic mass is 79.9. The van der Waals surface area contributed by atoms with E-state index >= 15 is 0 Å². The van der Waals surface area contributed by atoms with Gasteiger partial charge in [-0.1, -0.05) is 6.07 Å². The fourth-order valence-electron chi connectivity index (χ4n) is 2.42. The average Bonchev–Trinajstić information content (AvgIpc) is 2.83. The molecule has 1 N–H and O–H groups in total. The number of aliphatic hydroxyl groups excluding tert-OH is 1. The third-order valence-electron chi connectivity index (χ3n) is 3.46. The average molecular weight is 339 g/mol. The Kier molecular flexibility index (Phi) is 3.91. The van der Waals surface area contributed by atoms with E-state index in [1.807, 2.05) is 23.6 Å². The fourth-order valence-corrected chi connectivity index (χ4v) is 3.80. The first-order valence-electron chi connectivity index (χ1n) is 6.39. The normalized spacial score (nSPS) is 18.1. The van der Waals surface area contributed by atoms with Gasteiger partial charge in [-0.25, -0.2) is 0 Å². The molecule has 0 amide bonds. The summed E-state index contributed by atoms with van der Waals surface area (Å²) in [5.74, 6) is 0.833. The van der Waals surface area contributed by atoms with Gasteiger partial charge in [0.05, 0.1) is 11.0 Å². The largest absolute Gasteiger partial charge is 0.488 e. The molecule has 0 saturated heterocycles. The molecule has 1 aliphatic rings. The maximum absolute atomic E-state index is 10.0. The van der Waals surface area contributed by atoms with Gasteiger partial charge < -0.3 is 9.84 Å². The molecule has 1 atom stereocenters. The van der Waals surface area contributed by atoms with Crippen molar-refractivity contribution in [3.8, 4) is 5.75 Å². The summed E-state index contributed by atoms with van der Waals surface area (Å²) in [4.78, 5) is 1.18. The molecule has 19 heavy (non-hydrogen) atoms. The molecule has 0 radical (unpaired) electrons. The highest BCUT2D eigenvalue weighted by molar-refractivity contribution is 9.10. The van der Waals surface area contributed by atoms with Crippen molar-refractivity contribution in [3.05, 3.63) is 50.1 Å². The van der Waals surface area contributed by atoms with Crippen LogP contribution in [0.3, 0.4) is 0 Å². The molecule has 1 aromatic carbocycles. The number of fused-ring (bicyclic) bond motifs is 1. The Morgan fingerprint density at radius 3 is 3.05 bits per heavy atom. The first-order chi connectivity index (χ1) is 9.24. The van der Waals surface area contributed by atoms with Gasteiger partial charge in [0, 0.05) is 4.47 Å². The van der Waals surface area contributed by atoms with E-state index in [1.54, 1.807) is 11.3 Å². The lowest BCUT2D eigenvalue weighted by atomic mass is 9.89. The smallest absolute Gasteiger partial charge is 0.124 e. The van der Waals surface area contributed by atoms with E-state index in [1.165, 1.54) is 10.4 Å². The molecule has 1 aliphatic carbocycles. The molecule has 0 aliphatic heterocycles. The van der Waals surface area contributed by atoms with Crippen molar-refractivity contribution in [3.63, 3.8) is 0 Å². The van der Waals surface area contributed by atoms with Crippen molar-refractivity contribution in [2.24, 2.45) is 0 Å². The third-order valence-corrected chi connectivity index (χ3v) is 5.36. The van der Waals surface area contributed by atoms with E-state index in [0.717, 1.165) is 35.0 Å². The molecule has 0 bridgehead atoms. The molecule has 100 valence electrons. The molecule has 2 nitrogen and oxygen atoms in total. The maximum atomic E-state index is 10.0. The van der Waals surface area contributed by atoms with Crippen LogP contribution in [0.5, 0.6) is 5.75 Å². The minimum absolute atomic E-state index is 0.333. The van der Waals surface area contributed by atoms with Crippen LogP contribution in [0.1, 0.15) is 34.9 Å². The van der Waals surface area contributed by atoms with Gasteiger partial charge in [-0.3, -0.25) is 0 Å². The molecule has 1 aromatic heterocycles. The van der Waals surface area contributed by atoms with Crippen molar-refractivity contribution in [2.45, 2.75) is 32.0 Å². The van der Waals surface area contributed by atoms with Gasteiger partial charge in [-0.2, -0.15) is 0 Å².